The number of benzene rings is 3. The van der Waals surface area contributed by atoms with Gasteiger partial charge in [-0.05, 0) is 30.7 Å². The zero-order chi connectivity index (χ0) is 17.9. The number of aromatic nitrogens is 1. The van der Waals surface area contributed by atoms with Gasteiger partial charge in [0, 0.05) is 10.9 Å². The molecule has 0 radical (unpaired) electrons. The van der Waals surface area contributed by atoms with Crippen LogP contribution in [-0.2, 0) is 0 Å². The van der Waals surface area contributed by atoms with Gasteiger partial charge in [-0.2, -0.15) is 0 Å². The third kappa shape index (κ3) is 3.07. The van der Waals surface area contributed by atoms with Gasteiger partial charge in [0.05, 0.1) is 16.8 Å². The van der Waals surface area contributed by atoms with Crippen molar-refractivity contribution >= 4 is 16.9 Å². The van der Waals surface area contributed by atoms with Crippen LogP contribution in [0.25, 0.3) is 22.2 Å². The van der Waals surface area contributed by atoms with E-state index < -0.39 is 0 Å². The molecule has 3 aromatic carbocycles. The van der Waals surface area contributed by atoms with E-state index in [1.165, 1.54) is 0 Å². The number of esters is 1. The zero-order valence-corrected chi connectivity index (χ0v) is 14.3. The molecule has 0 amide bonds. The number of pyridine rings is 1. The molecule has 1 heterocycles. The average molecular weight is 339 g/mol. The largest absolute Gasteiger partial charge is 0.423 e. The third-order valence-electron chi connectivity index (χ3n) is 4.30. The van der Waals surface area contributed by atoms with Crippen molar-refractivity contribution < 1.29 is 9.53 Å². The zero-order valence-electron chi connectivity index (χ0n) is 14.3. The van der Waals surface area contributed by atoms with Crippen LogP contribution in [0.1, 0.15) is 15.9 Å². The van der Waals surface area contributed by atoms with Gasteiger partial charge in [-0.25, -0.2) is 9.78 Å². The number of rotatable bonds is 3. The second kappa shape index (κ2) is 6.81. The van der Waals surface area contributed by atoms with Crippen molar-refractivity contribution in [1.82, 2.24) is 4.98 Å². The molecule has 0 saturated heterocycles. The predicted molar refractivity (Wildman–Crippen MR) is 103 cm³/mol. The number of carbonyl (C=O) groups excluding carboxylic acids is 1. The van der Waals surface area contributed by atoms with Crippen molar-refractivity contribution in [2.24, 2.45) is 0 Å². The number of carbonyl (C=O) groups is 1. The summed E-state index contributed by atoms with van der Waals surface area (Å²) < 4.78 is 5.66. The maximum atomic E-state index is 12.9. The molecule has 0 N–H and O–H groups in total. The Kier molecular flexibility index (Phi) is 4.20. The molecular formula is C23H17NO2. The molecule has 3 heteroatoms. The first-order valence-corrected chi connectivity index (χ1v) is 8.45. The van der Waals surface area contributed by atoms with Gasteiger partial charge < -0.3 is 4.74 Å². The first-order valence-electron chi connectivity index (χ1n) is 8.45. The lowest BCUT2D eigenvalue weighted by atomic mass is 10.0. The molecule has 0 unspecified atom stereocenters. The smallest absolute Gasteiger partial charge is 0.344 e. The van der Waals surface area contributed by atoms with E-state index in [2.05, 4.69) is 0 Å². The summed E-state index contributed by atoms with van der Waals surface area (Å²) in [6, 6.07) is 26.7. The molecule has 1 aromatic heterocycles. The molecule has 0 aliphatic carbocycles. The molecule has 0 bridgehead atoms. The number of hydrogen-bond acceptors (Lipinski definition) is 3. The number of nitrogens with zero attached hydrogens (tertiary/aromatic N) is 1. The lowest BCUT2D eigenvalue weighted by Crippen LogP contribution is -2.10. The van der Waals surface area contributed by atoms with Crippen LogP contribution in [-0.4, -0.2) is 11.0 Å². The van der Waals surface area contributed by atoms with E-state index in [4.69, 9.17) is 9.72 Å². The van der Waals surface area contributed by atoms with Crippen LogP contribution in [0.2, 0.25) is 0 Å². The highest BCUT2D eigenvalue weighted by Gasteiger charge is 2.16. The second-order valence-corrected chi connectivity index (χ2v) is 6.09. The minimum absolute atomic E-state index is 0.380. The van der Waals surface area contributed by atoms with Gasteiger partial charge in [0.2, 0.25) is 0 Å². The molecule has 0 atom stereocenters. The summed E-state index contributed by atoms with van der Waals surface area (Å²) in [5, 5.41) is 0.783. The molecule has 26 heavy (non-hydrogen) atoms. The first-order chi connectivity index (χ1) is 12.7. The van der Waals surface area contributed by atoms with Crippen LogP contribution >= 0.6 is 0 Å². The van der Waals surface area contributed by atoms with Crippen LogP contribution in [0.15, 0.2) is 84.9 Å². The standard InChI is InChI=1S/C23H17NO2/c1-16-9-5-8-14-22(16)26-23(25)19-15-21(17-10-3-2-4-11-17)24-20-13-7-6-12-18(19)20/h2-15H,1H3. The molecule has 126 valence electrons. The first kappa shape index (κ1) is 16.0. The molecule has 0 aliphatic rings. The normalized spacial score (nSPS) is 10.7. The van der Waals surface area contributed by atoms with E-state index in [0.717, 1.165) is 27.7 Å². The summed E-state index contributed by atoms with van der Waals surface area (Å²) in [4.78, 5) is 17.6. The SMILES string of the molecule is Cc1ccccc1OC(=O)c1cc(-c2ccccc2)nc2ccccc12. The summed E-state index contributed by atoms with van der Waals surface area (Å²) >= 11 is 0. The second-order valence-electron chi connectivity index (χ2n) is 6.09. The van der Waals surface area contributed by atoms with E-state index in [9.17, 15) is 4.79 Å². The lowest BCUT2D eigenvalue weighted by Gasteiger charge is -2.11. The Bertz CT molecular complexity index is 1090. The van der Waals surface area contributed by atoms with Crippen LogP contribution in [0.4, 0.5) is 0 Å². The predicted octanol–water partition coefficient (Wildman–Crippen LogP) is 5.43. The Morgan fingerprint density at radius 2 is 1.54 bits per heavy atom. The monoisotopic (exact) mass is 339 g/mol. The number of ether oxygens (including phenoxy) is 1. The Labute approximate surface area is 151 Å². The highest BCUT2D eigenvalue weighted by atomic mass is 16.5. The Morgan fingerprint density at radius 1 is 0.846 bits per heavy atom. The van der Waals surface area contributed by atoms with Crippen LogP contribution in [0.5, 0.6) is 5.75 Å². The highest BCUT2D eigenvalue weighted by molar-refractivity contribution is 6.05. The van der Waals surface area contributed by atoms with E-state index in [0.29, 0.717) is 11.3 Å². The quantitative estimate of drug-likeness (QED) is 0.369. The topological polar surface area (TPSA) is 39.2 Å². The van der Waals surface area contributed by atoms with E-state index in [1.807, 2.05) is 79.7 Å². The molecule has 4 rings (SSSR count). The minimum Gasteiger partial charge on any atom is -0.423 e. The summed E-state index contributed by atoms with van der Waals surface area (Å²) in [6.07, 6.45) is 0. The Morgan fingerprint density at radius 3 is 2.35 bits per heavy atom. The van der Waals surface area contributed by atoms with Crippen molar-refractivity contribution in [2.75, 3.05) is 0 Å². The summed E-state index contributed by atoms with van der Waals surface area (Å²) in [5.41, 5.74) is 3.91. The van der Waals surface area contributed by atoms with Crippen molar-refractivity contribution in [3.05, 3.63) is 96.1 Å². The van der Waals surface area contributed by atoms with Crippen LogP contribution < -0.4 is 4.74 Å². The number of aryl methyl sites for hydroxylation is 1. The number of hydrogen-bond donors (Lipinski definition) is 0. The Balaban J connectivity index is 1.83. The molecular weight excluding hydrogens is 322 g/mol. The molecule has 0 spiro atoms. The number of para-hydroxylation sites is 2. The summed E-state index contributed by atoms with van der Waals surface area (Å²) in [6.45, 7) is 1.92. The van der Waals surface area contributed by atoms with Gasteiger partial charge in [0.25, 0.3) is 0 Å². The molecule has 4 aromatic rings. The molecule has 0 saturated carbocycles. The fourth-order valence-electron chi connectivity index (χ4n) is 2.93. The van der Waals surface area contributed by atoms with E-state index >= 15 is 0 Å². The van der Waals surface area contributed by atoms with Crippen LogP contribution in [0, 0.1) is 6.92 Å². The van der Waals surface area contributed by atoms with Crippen molar-refractivity contribution in [3.8, 4) is 17.0 Å². The van der Waals surface area contributed by atoms with Gasteiger partial charge in [0.15, 0.2) is 0 Å². The summed E-state index contributed by atoms with van der Waals surface area (Å²) in [7, 11) is 0. The molecule has 3 nitrogen and oxygen atoms in total. The van der Waals surface area contributed by atoms with Gasteiger partial charge in [-0.1, -0.05) is 66.7 Å². The van der Waals surface area contributed by atoms with Gasteiger partial charge >= 0.3 is 5.97 Å². The summed E-state index contributed by atoms with van der Waals surface area (Å²) in [5.74, 6) is 0.190. The average Bonchev–Trinajstić information content (AvgIpc) is 2.69. The minimum atomic E-state index is -0.380. The van der Waals surface area contributed by atoms with Gasteiger partial charge in [-0.15, -0.1) is 0 Å². The van der Waals surface area contributed by atoms with Crippen molar-refractivity contribution in [1.29, 1.82) is 0 Å². The van der Waals surface area contributed by atoms with Gasteiger partial charge in [0.1, 0.15) is 5.75 Å². The lowest BCUT2D eigenvalue weighted by molar-refractivity contribution is 0.0735. The van der Waals surface area contributed by atoms with Crippen molar-refractivity contribution in [2.45, 2.75) is 6.92 Å². The maximum Gasteiger partial charge on any atom is 0.344 e. The van der Waals surface area contributed by atoms with Gasteiger partial charge in [-0.3, -0.25) is 0 Å². The number of fused-ring (bicyclic) bond motifs is 1. The van der Waals surface area contributed by atoms with Crippen LogP contribution in [0.3, 0.4) is 0 Å². The third-order valence-corrected chi connectivity index (χ3v) is 4.30. The fourth-order valence-corrected chi connectivity index (χ4v) is 2.93. The highest BCUT2D eigenvalue weighted by Crippen LogP contribution is 2.26. The Hall–Kier alpha value is -3.46. The fraction of sp³-hybridized carbons (Fsp3) is 0.0435. The maximum absolute atomic E-state index is 12.9. The molecule has 0 aliphatic heterocycles. The van der Waals surface area contributed by atoms with E-state index in [1.54, 1.807) is 12.1 Å². The van der Waals surface area contributed by atoms with Crippen molar-refractivity contribution in [3.63, 3.8) is 0 Å². The molecule has 0 fully saturated rings. The van der Waals surface area contributed by atoms with E-state index in [-0.39, 0.29) is 5.97 Å².